The first-order valence-electron chi connectivity index (χ1n) is 9.83. The molecule has 3 rings (SSSR count). The van der Waals surface area contributed by atoms with Gasteiger partial charge in [0.05, 0.1) is 5.69 Å². The number of pyridine rings is 1. The van der Waals surface area contributed by atoms with Crippen molar-refractivity contribution < 1.29 is 0 Å². The molecule has 0 amide bonds. The zero-order valence-corrected chi connectivity index (χ0v) is 16.4. The van der Waals surface area contributed by atoms with Crippen molar-refractivity contribution in [1.29, 1.82) is 0 Å². The number of hydrogen-bond acceptors (Lipinski definition) is 7. The maximum atomic E-state index is 4.68. The normalized spacial score (nSPS) is 15.1. The lowest BCUT2D eigenvalue weighted by molar-refractivity contribution is 0.361. The largest absolute Gasteiger partial charge is 0.370 e. The molecule has 27 heavy (non-hydrogen) atoms. The van der Waals surface area contributed by atoms with Crippen LogP contribution in [0.2, 0.25) is 0 Å². The van der Waals surface area contributed by atoms with Gasteiger partial charge in [-0.2, -0.15) is 4.98 Å². The number of anilines is 2. The summed E-state index contributed by atoms with van der Waals surface area (Å²) in [5.41, 5.74) is 1.95. The van der Waals surface area contributed by atoms with Gasteiger partial charge in [-0.05, 0) is 64.5 Å². The first-order chi connectivity index (χ1) is 13.2. The highest BCUT2D eigenvalue weighted by atomic mass is 15.2. The van der Waals surface area contributed by atoms with Crippen LogP contribution in [0.15, 0.2) is 30.6 Å². The van der Waals surface area contributed by atoms with Crippen molar-refractivity contribution in [2.45, 2.75) is 19.3 Å². The van der Waals surface area contributed by atoms with Gasteiger partial charge in [-0.25, -0.2) is 4.98 Å². The van der Waals surface area contributed by atoms with Crippen molar-refractivity contribution in [2.24, 2.45) is 5.92 Å². The predicted octanol–water partition coefficient (Wildman–Crippen LogP) is 2.31. The second-order valence-electron chi connectivity index (χ2n) is 7.34. The van der Waals surface area contributed by atoms with Crippen molar-refractivity contribution in [3.63, 3.8) is 0 Å². The number of nitrogens with zero attached hydrogens (tertiary/aromatic N) is 4. The Kier molecular flexibility index (Phi) is 7.36. The van der Waals surface area contributed by atoms with Crippen molar-refractivity contribution >= 4 is 11.8 Å². The summed E-state index contributed by atoms with van der Waals surface area (Å²) in [6.45, 7) is 4.96. The maximum Gasteiger partial charge on any atom is 0.225 e. The van der Waals surface area contributed by atoms with E-state index in [2.05, 4.69) is 49.9 Å². The molecule has 1 aliphatic heterocycles. The first kappa shape index (κ1) is 19.5. The van der Waals surface area contributed by atoms with Crippen LogP contribution in [0.25, 0.3) is 11.3 Å². The standard InChI is InChI=1S/C20H31N7/c1-27(2)14-13-24-20-25-18(17-6-10-22-11-7-17)15-19(26-20)23-12-5-16-3-8-21-9-4-16/h6-7,10-11,15-16,21H,3-5,8-9,12-14H2,1-2H3,(H2,23,24,25,26). The molecule has 7 nitrogen and oxygen atoms in total. The second-order valence-corrected chi connectivity index (χ2v) is 7.34. The fraction of sp³-hybridized carbons (Fsp3) is 0.550. The summed E-state index contributed by atoms with van der Waals surface area (Å²) in [4.78, 5) is 15.6. The average molecular weight is 370 g/mol. The lowest BCUT2D eigenvalue weighted by Gasteiger charge is -2.22. The molecule has 0 bridgehead atoms. The Morgan fingerprint density at radius 3 is 2.59 bits per heavy atom. The molecule has 0 radical (unpaired) electrons. The van der Waals surface area contributed by atoms with Gasteiger partial charge in [-0.3, -0.25) is 4.98 Å². The van der Waals surface area contributed by atoms with Crippen molar-refractivity contribution in [3.8, 4) is 11.3 Å². The molecule has 0 unspecified atom stereocenters. The van der Waals surface area contributed by atoms with Gasteiger partial charge in [0, 0.05) is 43.7 Å². The second kappa shape index (κ2) is 10.2. The molecule has 0 saturated carbocycles. The van der Waals surface area contributed by atoms with Crippen LogP contribution in [0.4, 0.5) is 11.8 Å². The number of hydrogen-bond donors (Lipinski definition) is 3. The zero-order valence-electron chi connectivity index (χ0n) is 16.4. The smallest absolute Gasteiger partial charge is 0.225 e. The molecule has 0 aromatic carbocycles. The monoisotopic (exact) mass is 369 g/mol. The molecule has 0 spiro atoms. The summed E-state index contributed by atoms with van der Waals surface area (Å²) in [6.07, 6.45) is 7.30. The molecule has 0 atom stereocenters. The minimum Gasteiger partial charge on any atom is -0.370 e. The SMILES string of the molecule is CN(C)CCNc1nc(NCCC2CCNCC2)cc(-c2ccncc2)n1. The molecule has 1 fully saturated rings. The van der Waals surface area contributed by atoms with Crippen LogP contribution in [0.3, 0.4) is 0 Å². The van der Waals surface area contributed by atoms with E-state index in [1.54, 1.807) is 12.4 Å². The van der Waals surface area contributed by atoms with E-state index in [4.69, 9.17) is 0 Å². The fourth-order valence-electron chi connectivity index (χ4n) is 3.25. The van der Waals surface area contributed by atoms with E-state index in [1.165, 1.54) is 19.3 Å². The van der Waals surface area contributed by atoms with Gasteiger partial charge in [0.1, 0.15) is 5.82 Å². The van der Waals surface area contributed by atoms with Gasteiger partial charge in [-0.15, -0.1) is 0 Å². The summed E-state index contributed by atoms with van der Waals surface area (Å²) in [5, 5.41) is 10.3. The Morgan fingerprint density at radius 1 is 1.07 bits per heavy atom. The van der Waals surface area contributed by atoms with E-state index < -0.39 is 0 Å². The molecule has 1 saturated heterocycles. The third-order valence-electron chi connectivity index (χ3n) is 4.86. The number of aromatic nitrogens is 3. The molecule has 146 valence electrons. The molecule has 3 heterocycles. The molecule has 1 aliphatic rings. The molecular weight excluding hydrogens is 338 g/mol. The Hall–Kier alpha value is -2.25. The Balaban J connectivity index is 1.66. The Bertz CT molecular complexity index is 684. The number of nitrogens with one attached hydrogen (secondary N) is 3. The quantitative estimate of drug-likeness (QED) is 0.626. The van der Waals surface area contributed by atoms with E-state index >= 15 is 0 Å². The highest BCUT2D eigenvalue weighted by Gasteiger charge is 2.13. The molecule has 2 aromatic rings. The van der Waals surface area contributed by atoms with Gasteiger partial charge in [0.2, 0.25) is 5.95 Å². The summed E-state index contributed by atoms with van der Waals surface area (Å²) in [5.74, 6) is 2.34. The summed E-state index contributed by atoms with van der Waals surface area (Å²) in [6, 6.07) is 5.98. The van der Waals surface area contributed by atoms with Crippen LogP contribution in [0.5, 0.6) is 0 Å². The van der Waals surface area contributed by atoms with Crippen LogP contribution < -0.4 is 16.0 Å². The van der Waals surface area contributed by atoms with Gasteiger partial charge in [-0.1, -0.05) is 0 Å². The summed E-state index contributed by atoms with van der Waals surface area (Å²) >= 11 is 0. The average Bonchev–Trinajstić information content (AvgIpc) is 2.69. The van der Waals surface area contributed by atoms with Gasteiger partial charge >= 0.3 is 0 Å². The van der Waals surface area contributed by atoms with E-state index in [0.29, 0.717) is 5.95 Å². The maximum absolute atomic E-state index is 4.68. The van der Waals surface area contributed by atoms with Crippen LogP contribution in [-0.2, 0) is 0 Å². The lowest BCUT2D eigenvalue weighted by atomic mass is 9.95. The highest BCUT2D eigenvalue weighted by Crippen LogP contribution is 2.21. The molecular formula is C20H31N7. The topological polar surface area (TPSA) is 78.0 Å². The Labute approximate surface area is 162 Å². The number of piperidine rings is 1. The predicted molar refractivity (Wildman–Crippen MR) is 111 cm³/mol. The fourth-order valence-corrected chi connectivity index (χ4v) is 3.25. The van der Waals surface area contributed by atoms with Gasteiger partial charge < -0.3 is 20.9 Å². The van der Waals surface area contributed by atoms with Crippen LogP contribution in [0.1, 0.15) is 19.3 Å². The van der Waals surface area contributed by atoms with Crippen molar-refractivity contribution in [1.82, 2.24) is 25.2 Å². The summed E-state index contributed by atoms with van der Waals surface area (Å²) in [7, 11) is 4.12. The Morgan fingerprint density at radius 2 is 1.85 bits per heavy atom. The minimum absolute atomic E-state index is 0.663. The summed E-state index contributed by atoms with van der Waals surface area (Å²) < 4.78 is 0. The van der Waals surface area contributed by atoms with Crippen LogP contribution in [-0.4, -0.2) is 66.7 Å². The third-order valence-corrected chi connectivity index (χ3v) is 4.86. The molecule has 2 aromatic heterocycles. The van der Waals surface area contributed by atoms with E-state index in [9.17, 15) is 0 Å². The van der Waals surface area contributed by atoms with E-state index in [0.717, 1.165) is 55.7 Å². The first-order valence-corrected chi connectivity index (χ1v) is 9.83. The van der Waals surface area contributed by atoms with Gasteiger partial charge in [0.15, 0.2) is 0 Å². The highest BCUT2D eigenvalue weighted by molar-refractivity contribution is 5.63. The third kappa shape index (κ3) is 6.45. The molecule has 0 aliphatic carbocycles. The van der Waals surface area contributed by atoms with E-state index in [-0.39, 0.29) is 0 Å². The number of rotatable bonds is 9. The van der Waals surface area contributed by atoms with E-state index in [1.807, 2.05) is 18.2 Å². The minimum atomic E-state index is 0.663. The molecule has 3 N–H and O–H groups in total. The van der Waals surface area contributed by atoms with Crippen molar-refractivity contribution in [3.05, 3.63) is 30.6 Å². The number of likely N-dealkylation sites (N-methyl/N-ethyl adjacent to an activating group) is 1. The van der Waals surface area contributed by atoms with Gasteiger partial charge in [0.25, 0.3) is 0 Å². The molecule has 7 heteroatoms. The zero-order chi connectivity index (χ0) is 18.9. The lowest BCUT2D eigenvalue weighted by Crippen LogP contribution is -2.28. The van der Waals surface area contributed by atoms with Crippen LogP contribution >= 0.6 is 0 Å². The van der Waals surface area contributed by atoms with Crippen molar-refractivity contribution in [2.75, 3.05) is 57.5 Å². The van der Waals surface area contributed by atoms with Crippen LogP contribution in [0, 0.1) is 5.92 Å².